The van der Waals surface area contributed by atoms with E-state index in [0.717, 1.165) is 5.39 Å². The maximum absolute atomic E-state index is 12.2. The van der Waals surface area contributed by atoms with Crippen molar-refractivity contribution < 1.29 is 19.0 Å². The van der Waals surface area contributed by atoms with Crippen LogP contribution < -0.4 is 36.5 Å². The normalized spacial score (nSPS) is 13.5. The first-order chi connectivity index (χ1) is 19.4. The quantitative estimate of drug-likeness (QED) is 0.213. The number of unbranched alkanes of at least 4 members (excludes halogenated alkanes) is 1. The molecule has 0 bridgehead atoms. The summed E-state index contributed by atoms with van der Waals surface area (Å²) in [4.78, 5) is 14.3. The molecule has 3 heterocycles. The van der Waals surface area contributed by atoms with Gasteiger partial charge in [0, 0.05) is 26.2 Å². The zero-order valence-electron chi connectivity index (χ0n) is 24.5. The number of anilines is 4. The lowest BCUT2D eigenvalue weighted by Gasteiger charge is -2.32. The highest BCUT2D eigenvalue weighted by Crippen LogP contribution is 2.44. The Bertz CT molecular complexity index is 1270. The number of ether oxygens (including phenoxy) is 3. The van der Waals surface area contributed by atoms with Crippen molar-refractivity contribution in [3.63, 3.8) is 0 Å². The van der Waals surface area contributed by atoms with Gasteiger partial charge in [-0.25, -0.2) is 0 Å². The summed E-state index contributed by atoms with van der Waals surface area (Å²) in [5.41, 5.74) is 13.7. The van der Waals surface area contributed by atoms with Crippen LogP contribution in [0.15, 0.2) is 18.2 Å². The molecule has 0 saturated carbocycles. The molecule has 0 aliphatic carbocycles. The van der Waals surface area contributed by atoms with E-state index in [1.807, 2.05) is 30.7 Å². The van der Waals surface area contributed by atoms with Crippen LogP contribution in [0.1, 0.15) is 46.5 Å². The standard InChI is InChI=1S/C24H34N8O4.C4H10/c1-5-35-24(33)14-8-10-31(11-9-14)23-19-18(20(25)29-30-23)21(26)32(22(19)28-3)16-7-6-15(36-13-27-2)12-17(16)34-4;1-3-4-2/h6-7,12,14,27-28H,5,8-11,13,26H2,1-4H3,(H2,25,29);3-4H2,1-2H3. The molecule has 12 nitrogen and oxygen atoms in total. The molecule has 3 aromatic rings. The SMILES string of the molecule is CCCC.CCOC(=O)C1CCN(c2nnc(N)c3c(N)n(-c4ccc(OCNC)cc4OC)c(NC)c23)CC1. The van der Waals surface area contributed by atoms with E-state index >= 15 is 0 Å². The second kappa shape index (κ2) is 14.5. The fourth-order valence-corrected chi connectivity index (χ4v) is 4.65. The Morgan fingerprint density at radius 2 is 1.77 bits per heavy atom. The Kier molecular flexibility index (Phi) is 11.1. The number of nitrogens with zero attached hydrogens (tertiary/aromatic N) is 4. The smallest absolute Gasteiger partial charge is 0.309 e. The largest absolute Gasteiger partial charge is 0.494 e. The summed E-state index contributed by atoms with van der Waals surface area (Å²) < 4.78 is 18.4. The van der Waals surface area contributed by atoms with Gasteiger partial charge in [-0.1, -0.05) is 26.7 Å². The van der Waals surface area contributed by atoms with E-state index in [-0.39, 0.29) is 17.7 Å². The van der Waals surface area contributed by atoms with Crippen molar-refractivity contribution in [1.82, 2.24) is 20.1 Å². The highest BCUT2D eigenvalue weighted by Gasteiger charge is 2.31. The Labute approximate surface area is 236 Å². The number of carbonyl (C=O) groups excluding carboxylic acids is 1. The number of nitrogens with one attached hydrogen (secondary N) is 2. The van der Waals surface area contributed by atoms with Crippen LogP contribution in [0.5, 0.6) is 11.5 Å². The molecule has 12 heteroatoms. The van der Waals surface area contributed by atoms with E-state index in [0.29, 0.717) is 79.3 Å². The molecule has 1 aromatic carbocycles. The zero-order valence-corrected chi connectivity index (χ0v) is 24.5. The van der Waals surface area contributed by atoms with Crippen LogP contribution in [-0.2, 0) is 9.53 Å². The van der Waals surface area contributed by atoms with Crippen LogP contribution in [0.25, 0.3) is 16.5 Å². The number of hydrogen-bond acceptors (Lipinski definition) is 11. The number of benzene rings is 1. The summed E-state index contributed by atoms with van der Waals surface area (Å²) in [6, 6.07) is 5.53. The van der Waals surface area contributed by atoms with E-state index in [4.69, 9.17) is 25.7 Å². The summed E-state index contributed by atoms with van der Waals surface area (Å²) in [6.07, 6.45) is 3.97. The summed E-state index contributed by atoms with van der Waals surface area (Å²) in [5, 5.41) is 16.2. The van der Waals surface area contributed by atoms with Crippen molar-refractivity contribution in [2.45, 2.75) is 46.5 Å². The molecule has 0 amide bonds. The van der Waals surface area contributed by atoms with Crippen LogP contribution in [0, 0.1) is 5.92 Å². The zero-order chi connectivity index (χ0) is 29.2. The van der Waals surface area contributed by atoms with Gasteiger partial charge in [-0.15, -0.1) is 10.2 Å². The fraction of sp³-hybridized carbons (Fsp3) is 0.536. The lowest BCUT2D eigenvalue weighted by Crippen LogP contribution is -2.37. The number of nitrogen functional groups attached to an aromatic ring is 2. The first-order valence-electron chi connectivity index (χ1n) is 13.9. The van der Waals surface area contributed by atoms with Crippen LogP contribution in [0.4, 0.5) is 23.3 Å². The van der Waals surface area contributed by atoms with Gasteiger partial charge in [0.15, 0.2) is 11.6 Å². The number of rotatable bonds is 10. The third-order valence-electron chi connectivity index (χ3n) is 6.87. The van der Waals surface area contributed by atoms with Crippen molar-refractivity contribution in [3.8, 4) is 17.2 Å². The van der Waals surface area contributed by atoms with E-state index in [2.05, 4.69) is 39.6 Å². The number of aromatic nitrogens is 3. The highest BCUT2D eigenvalue weighted by molar-refractivity contribution is 6.13. The third kappa shape index (κ3) is 6.44. The van der Waals surface area contributed by atoms with Crippen molar-refractivity contribution in [2.24, 2.45) is 5.92 Å². The lowest BCUT2D eigenvalue weighted by molar-refractivity contribution is -0.148. The summed E-state index contributed by atoms with van der Waals surface area (Å²) >= 11 is 0. The molecule has 0 unspecified atom stereocenters. The maximum atomic E-state index is 12.2. The fourth-order valence-electron chi connectivity index (χ4n) is 4.65. The molecule has 1 fully saturated rings. The van der Waals surface area contributed by atoms with Crippen LogP contribution in [0.3, 0.4) is 0 Å². The summed E-state index contributed by atoms with van der Waals surface area (Å²) in [7, 11) is 5.21. The molecule has 40 heavy (non-hydrogen) atoms. The molecular formula is C28H44N8O4. The van der Waals surface area contributed by atoms with Gasteiger partial charge in [-0.2, -0.15) is 0 Å². The number of esters is 1. The first kappa shape index (κ1) is 30.6. The van der Waals surface area contributed by atoms with Crippen molar-refractivity contribution in [1.29, 1.82) is 0 Å². The number of methoxy groups -OCH3 is 1. The second-order valence-corrected chi connectivity index (χ2v) is 9.47. The number of nitrogens with two attached hydrogens (primary N) is 2. The predicted octanol–water partition coefficient (Wildman–Crippen LogP) is 3.78. The number of piperidine rings is 1. The van der Waals surface area contributed by atoms with Gasteiger partial charge >= 0.3 is 5.97 Å². The topological polar surface area (TPSA) is 155 Å². The van der Waals surface area contributed by atoms with Gasteiger partial charge in [0.2, 0.25) is 0 Å². The van der Waals surface area contributed by atoms with Crippen LogP contribution in [-0.4, -0.2) is 68.4 Å². The predicted molar refractivity (Wildman–Crippen MR) is 160 cm³/mol. The van der Waals surface area contributed by atoms with E-state index in [1.54, 1.807) is 20.2 Å². The van der Waals surface area contributed by atoms with Crippen LogP contribution in [0.2, 0.25) is 0 Å². The van der Waals surface area contributed by atoms with Gasteiger partial charge < -0.3 is 35.9 Å². The lowest BCUT2D eigenvalue weighted by atomic mass is 9.97. The summed E-state index contributed by atoms with van der Waals surface area (Å²) in [5.74, 6) is 2.96. The molecule has 0 radical (unpaired) electrons. The second-order valence-electron chi connectivity index (χ2n) is 9.47. The van der Waals surface area contributed by atoms with Crippen molar-refractivity contribution in [3.05, 3.63) is 18.2 Å². The Balaban J connectivity index is 0.00000103. The average molecular weight is 557 g/mol. The molecule has 6 N–H and O–H groups in total. The van der Waals surface area contributed by atoms with Gasteiger partial charge in [0.25, 0.3) is 0 Å². The molecule has 0 atom stereocenters. The van der Waals surface area contributed by atoms with E-state index in [1.165, 1.54) is 12.8 Å². The molecule has 4 rings (SSSR count). The van der Waals surface area contributed by atoms with E-state index < -0.39 is 0 Å². The minimum absolute atomic E-state index is 0.121. The Hall–Kier alpha value is -3.93. The molecule has 2 aromatic heterocycles. The number of carbonyl (C=O) groups is 1. The molecular weight excluding hydrogens is 512 g/mol. The molecule has 1 aliphatic heterocycles. The van der Waals surface area contributed by atoms with Crippen molar-refractivity contribution >= 4 is 40.0 Å². The summed E-state index contributed by atoms with van der Waals surface area (Å²) in [6.45, 7) is 8.19. The average Bonchev–Trinajstić information content (AvgIpc) is 3.28. The molecule has 1 aliphatic rings. The minimum Gasteiger partial charge on any atom is -0.494 e. The van der Waals surface area contributed by atoms with Gasteiger partial charge in [0.05, 0.1) is 36.1 Å². The first-order valence-corrected chi connectivity index (χ1v) is 13.9. The number of fused-ring (bicyclic) bond motifs is 1. The Morgan fingerprint density at radius 3 is 2.35 bits per heavy atom. The van der Waals surface area contributed by atoms with Gasteiger partial charge in [-0.05, 0) is 38.9 Å². The van der Waals surface area contributed by atoms with Crippen LogP contribution >= 0.6 is 0 Å². The van der Waals surface area contributed by atoms with Gasteiger partial charge in [0.1, 0.15) is 29.9 Å². The highest BCUT2D eigenvalue weighted by atomic mass is 16.5. The third-order valence-corrected chi connectivity index (χ3v) is 6.87. The monoisotopic (exact) mass is 556 g/mol. The van der Waals surface area contributed by atoms with Gasteiger partial charge in [-0.3, -0.25) is 14.7 Å². The minimum atomic E-state index is -0.147. The Morgan fingerprint density at radius 1 is 1.07 bits per heavy atom. The van der Waals surface area contributed by atoms with Crippen molar-refractivity contribution in [2.75, 3.05) is 69.3 Å². The molecule has 0 spiro atoms. The molecule has 220 valence electrons. The molecule has 1 saturated heterocycles. The van der Waals surface area contributed by atoms with E-state index in [9.17, 15) is 4.79 Å². The maximum Gasteiger partial charge on any atom is 0.309 e. The number of hydrogen-bond donors (Lipinski definition) is 4.